The fraction of sp³-hybridized carbons (Fsp3) is 0.667. The molecule has 2 nitrogen and oxygen atoms in total. The van der Waals surface area contributed by atoms with Crippen LogP contribution in [0.3, 0.4) is 0 Å². The smallest absolute Gasteiger partial charge is 0.370 e. The van der Waals surface area contributed by atoms with Crippen molar-refractivity contribution in [2.75, 3.05) is 19.8 Å². The molecule has 1 aromatic rings. The van der Waals surface area contributed by atoms with Crippen LogP contribution in [0.25, 0.3) is 0 Å². The maximum atomic E-state index is 12.0. The van der Waals surface area contributed by atoms with E-state index in [1.54, 1.807) is 11.3 Å². The molecule has 0 spiro atoms. The second-order valence-corrected chi connectivity index (χ2v) is 5.19. The number of aryl methyl sites for hydroxylation is 1. The highest BCUT2D eigenvalue weighted by atomic mass is 32.1. The monoisotopic (exact) mass is 281 g/mol. The Morgan fingerprint density at radius 3 is 2.67 bits per heavy atom. The standard InChI is InChI=1S/C12H18F3NOS/c1-3-5-16-11(7-17-8-12(13,14)15)10-4-6-18-9(10)2/h4,6,11,16H,3,5,7-8H2,1-2H3. The van der Waals surface area contributed by atoms with E-state index in [-0.39, 0.29) is 12.6 Å². The van der Waals surface area contributed by atoms with E-state index in [1.807, 2.05) is 25.3 Å². The van der Waals surface area contributed by atoms with Crippen molar-refractivity contribution >= 4 is 11.3 Å². The number of ether oxygens (including phenoxy) is 1. The Morgan fingerprint density at radius 2 is 2.17 bits per heavy atom. The van der Waals surface area contributed by atoms with E-state index in [9.17, 15) is 13.2 Å². The number of alkyl halides is 3. The van der Waals surface area contributed by atoms with Gasteiger partial charge in [0, 0.05) is 4.88 Å². The van der Waals surface area contributed by atoms with Crippen molar-refractivity contribution in [2.45, 2.75) is 32.5 Å². The van der Waals surface area contributed by atoms with Crippen LogP contribution in [0.2, 0.25) is 0 Å². The molecule has 1 heterocycles. The highest BCUT2D eigenvalue weighted by Crippen LogP contribution is 2.24. The predicted octanol–water partition coefficient (Wildman–Crippen LogP) is 3.68. The average molecular weight is 281 g/mol. The Balaban J connectivity index is 2.54. The fourth-order valence-corrected chi connectivity index (χ4v) is 2.39. The number of rotatable bonds is 7. The lowest BCUT2D eigenvalue weighted by atomic mass is 10.1. The molecule has 0 bridgehead atoms. The van der Waals surface area contributed by atoms with Gasteiger partial charge in [-0.05, 0) is 36.9 Å². The second-order valence-electron chi connectivity index (χ2n) is 4.07. The lowest BCUT2D eigenvalue weighted by Crippen LogP contribution is -2.28. The van der Waals surface area contributed by atoms with Crippen LogP contribution in [-0.2, 0) is 4.74 Å². The molecule has 6 heteroatoms. The molecule has 1 unspecified atom stereocenters. The minimum absolute atomic E-state index is 0.0388. The molecular weight excluding hydrogens is 263 g/mol. The summed E-state index contributed by atoms with van der Waals surface area (Å²) in [5, 5.41) is 5.15. The Bertz CT molecular complexity index is 351. The van der Waals surface area contributed by atoms with E-state index in [2.05, 4.69) is 5.32 Å². The number of thiophene rings is 1. The molecule has 0 aliphatic heterocycles. The molecule has 0 saturated carbocycles. The van der Waals surface area contributed by atoms with E-state index in [4.69, 9.17) is 4.74 Å². The summed E-state index contributed by atoms with van der Waals surface area (Å²) in [6.45, 7) is 3.58. The average Bonchev–Trinajstić information content (AvgIpc) is 2.68. The SMILES string of the molecule is CCCNC(COCC(F)(F)F)c1ccsc1C. The van der Waals surface area contributed by atoms with Crippen molar-refractivity contribution in [3.05, 3.63) is 21.9 Å². The largest absolute Gasteiger partial charge is 0.411 e. The minimum Gasteiger partial charge on any atom is -0.370 e. The number of hydrogen-bond donors (Lipinski definition) is 1. The van der Waals surface area contributed by atoms with Crippen LogP contribution in [0.5, 0.6) is 0 Å². The molecular formula is C12H18F3NOS. The molecule has 0 fully saturated rings. The van der Waals surface area contributed by atoms with Gasteiger partial charge < -0.3 is 10.1 Å². The van der Waals surface area contributed by atoms with Crippen molar-refractivity contribution in [1.29, 1.82) is 0 Å². The summed E-state index contributed by atoms with van der Waals surface area (Å²) in [4.78, 5) is 1.11. The molecule has 1 rings (SSSR count). The first kappa shape index (κ1) is 15.5. The topological polar surface area (TPSA) is 21.3 Å². The lowest BCUT2D eigenvalue weighted by molar-refractivity contribution is -0.175. The molecule has 18 heavy (non-hydrogen) atoms. The lowest BCUT2D eigenvalue weighted by Gasteiger charge is -2.19. The van der Waals surface area contributed by atoms with Gasteiger partial charge in [-0.3, -0.25) is 0 Å². The van der Waals surface area contributed by atoms with Crippen LogP contribution < -0.4 is 5.32 Å². The third kappa shape index (κ3) is 5.37. The zero-order valence-corrected chi connectivity index (χ0v) is 11.3. The predicted molar refractivity (Wildman–Crippen MR) is 67.0 cm³/mol. The first-order valence-corrected chi connectivity index (χ1v) is 6.74. The molecule has 1 aromatic heterocycles. The normalized spacial score (nSPS) is 13.8. The van der Waals surface area contributed by atoms with Gasteiger partial charge in [0.15, 0.2) is 0 Å². The van der Waals surface area contributed by atoms with Gasteiger partial charge >= 0.3 is 6.18 Å². The summed E-state index contributed by atoms with van der Waals surface area (Å²) < 4.78 is 40.9. The summed E-state index contributed by atoms with van der Waals surface area (Å²) in [5.41, 5.74) is 1.02. The van der Waals surface area contributed by atoms with E-state index in [1.165, 1.54) is 0 Å². The summed E-state index contributed by atoms with van der Waals surface area (Å²) in [6.07, 6.45) is -3.34. The number of nitrogens with one attached hydrogen (secondary N) is 1. The van der Waals surface area contributed by atoms with Crippen LogP contribution in [0.1, 0.15) is 29.8 Å². The van der Waals surface area contributed by atoms with Gasteiger partial charge in [0.2, 0.25) is 0 Å². The van der Waals surface area contributed by atoms with Gasteiger partial charge in [-0.15, -0.1) is 11.3 Å². The molecule has 0 aromatic carbocycles. The van der Waals surface area contributed by atoms with Crippen LogP contribution in [-0.4, -0.2) is 25.9 Å². The van der Waals surface area contributed by atoms with Gasteiger partial charge in [-0.25, -0.2) is 0 Å². The van der Waals surface area contributed by atoms with Crippen molar-refractivity contribution < 1.29 is 17.9 Å². The Morgan fingerprint density at radius 1 is 1.44 bits per heavy atom. The van der Waals surface area contributed by atoms with Crippen molar-refractivity contribution in [2.24, 2.45) is 0 Å². The van der Waals surface area contributed by atoms with Crippen LogP contribution in [0, 0.1) is 6.92 Å². The number of halogens is 3. The molecule has 0 radical (unpaired) electrons. The minimum atomic E-state index is -4.26. The molecule has 1 atom stereocenters. The van der Waals surface area contributed by atoms with E-state index < -0.39 is 12.8 Å². The van der Waals surface area contributed by atoms with Crippen LogP contribution in [0.15, 0.2) is 11.4 Å². The first-order valence-electron chi connectivity index (χ1n) is 5.86. The summed E-state index contributed by atoms with van der Waals surface area (Å²) >= 11 is 1.59. The van der Waals surface area contributed by atoms with Crippen molar-refractivity contribution in [3.63, 3.8) is 0 Å². The molecule has 0 aliphatic rings. The van der Waals surface area contributed by atoms with Crippen molar-refractivity contribution in [3.8, 4) is 0 Å². The number of hydrogen-bond acceptors (Lipinski definition) is 3. The van der Waals surface area contributed by atoms with E-state index >= 15 is 0 Å². The quantitative estimate of drug-likeness (QED) is 0.823. The highest BCUT2D eigenvalue weighted by Gasteiger charge is 2.28. The van der Waals surface area contributed by atoms with Crippen molar-refractivity contribution in [1.82, 2.24) is 5.32 Å². The molecule has 0 amide bonds. The summed E-state index contributed by atoms with van der Waals surface area (Å²) in [6, 6.07) is 1.77. The van der Waals surface area contributed by atoms with Gasteiger partial charge in [-0.1, -0.05) is 6.92 Å². The molecule has 0 aliphatic carbocycles. The van der Waals surface area contributed by atoms with E-state index in [0.717, 1.165) is 23.4 Å². The molecule has 0 saturated heterocycles. The van der Waals surface area contributed by atoms with Gasteiger partial charge in [-0.2, -0.15) is 13.2 Å². The second kappa shape index (κ2) is 7.11. The van der Waals surface area contributed by atoms with Crippen LogP contribution in [0.4, 0.5) is 13.2 Å². The maximum absolute atomic E-state index is 12.0. The van der Waals surface area contributed by atoms with Gasteiger partial charge in [0.25, 0.3) is 0 Å². The zero-order valence-electron chi connectivity index (χ0n) is 10.5. The van der Waals surface area contributed by atoms with Gasteiger partial charge in [0.1, 0.15) is 6.61 Å². The Hall–Kier alpha value is -0.590. The highest BCUT2D eigenvalue weighted by molar-refractivity contribution is 7.10. The summed E-state index contributed by atoms with van der Waals surface area (Å²) in [7, 11) is 0. The zero-order chi connectivity index (χ0) is 13.6. The van der Waals surface area contributed by atoms with Gasteiger partial charge in [0.05, 0.1) is 12.6 Å². The third-order valence-corrected chi connectivity index (χ3v) is 3.33. The van der Waals surface area contributed by atoms with E-state index in [0.29, 0.717) is 0 Å². The summed E-state index contributed by atoms with van der Waals surface area (Å²) in [5.74, 6) is 0. The molecule has 104 valence electrons. The molecule has 1 N–H and O–H groups in total. The first-order chi connectivity index (χ1) is 8.44. The maximum Gasteiger partial charge on any atom is 0.411 e. The fourth-order valence-electron chi connectivity index (χ4n) is 1.63. The third-order valence-electron chi connectivity index (χ3n) is 2.47. The Kier molecular flexibility index (Phi) is 6.11. The Labute approximate surface area is 109 Å². The van der Waals surface area contributed by atoms with Crippen LogP contribution >= 0.6 is 11.3 Å².